The number of nitrogens with zero attached hydrogens (tertiary/aromatic N) is 2. The van der Waals surface area contributed by atoms with Gasteiger partial charge < -0.3 is 19.9 Å². The van der Waals surface area contributed by atoms with Crippen LogP contribution in [0.3, 0.4) is 0 Å². The Kier molecular flexibility index (Phi) is 6.67. The lowest BCUT2D eigenvalue weighted by Crippen LogP contribution is -2.45. The minimum atomic E-state index is -0.305. The van der Waals surface area contributed by atoms with Gasteiger partial charge in [0.1, 0.15) is 0 Å². The number of likely N-dealkylation sites (tertiary alicyclic amines) is 1. The molecule has 0 aliphatic carbocycles. The summed E-state index contributed by atoms with van der Waals surface area (Å²) in [5.41, 5.74) is 1.98. The van der Waals surface area contributed by atoms with Crippen LogP contribution in [-0.4, -0.2) is 62.5 Å². The lowest BCUT2D eigenvalue weighted by atomic mass is 9.94. The van der Waals surface area contributed by atoms with E-state index >= 15 is 0 Å². The molecule has 1 atom stereocenters. The Hall–Kier alpha value is -2.41. The largest absolute Gasteiger partial charge is 0.383 e. The molecule has 0 aromatic heterocycles. The summed E-state index contributed by atoms with van der Waals surface area (Å²) in [6.07, 6.45) is 1.57. The first-order valence-corrected chi connectivity index (χ1v) is 9.92. The first-order valence-electron chi connectivity index (χ1n) is 9.92. The van der Waals surface area contributed by atoms with Crippen molar-refractivity contribution < 1.29 is 19.1 Å². The summed E-state index contributed by atoms with van der Waals surface area (Å²) in [6, 6.07) is 7.79. The van der Waals surface area contributed by atoms with Crippen molar-refractivity contribution in [1.82, 2.24) is 10.2 Å². The fourth-order valence-corrected chi connectivity index (χ4v) is 3.89. The maximum Gasteiger partial charge on any atom is 0.228 e. The number of benzene rings is 1. The van der Waals surface area contributed by atoms with Crippen LogP contribution in [0, 0.1) is 18.8 Å². The molecule has 3 rings (SSSR count). The van der Waals surface area contributed by atoms with Crippen molar-refractivity contribution >= 4 is 23.4 Å². The average molecular weight is 387 g/mol. The zero-order chi connectivity index (χ0) is 20.1. The maximum absolute atomic E-state index is 12.9. The molecule has 1 aromatic rings. The Bertz CT molecular complexity index is 711. The molecular weight excluding hydrogens is 358 g/mol. The SMILES string of the molecule is COCCNC(=O)C1CCN(C(=O)C2CC(=O)N(c3ccc(C)cc3)C2)CC1. The van der Waals surface area contributed by atoms with Crippen molar-refractivity contribution in [2.45, 2.75) is 26.2 Å². The molecule has 2 aliphatic heterocycles. The monoisotopic (exact) mass is 387 g/mol. The third-order valence-corrected chi connectivity index (χ3v) is 5.60. The Morgan fingerprint density at radius 1 is 1.14 bits per heavy atom. The molecule has 1 N–H and O–H groups in total. The zero-order valence-corrected chi connectivity index (χ0v) is 16.6. The Morgan fingerprint density at radius 2 is 1.82 bits per heavy atom. The van der Waals surface area contributed by atoms with E-state index in [2.05, 4.69) is 5.32 Å². The minimum Gasteiger partial charge on any atom is -0.383 e. The van der Waals surface area contributed by atoms with Crippen LogP contribution in [0.2, 0.25) is 0 Å². The van der Waals surface area contributed by atoms with Crippen LogP contribution in [0.25, 0.3) is 0 Å². The summed E-state index contributed by atoms with van der Waals surface area (Å²) in [5, 5.41) is 2.87. The van der Waals surface area contributed by atoms with Crippen molar-refractivity contribution in [3.05, 3.63) is 29.8 Å². The van der Waals surface area contributed by atoms with Gasteiger partial charge in [0.2, 0.25) is 17.7 Å². The molecule has 1 aromatic carbocycles. The van der Waals surface area contributed by atoms with E-state index in [-0.39, 0.29) is 36.0 Å². The van der Waals surface area contributed by atoms with Crippen LogP contribution < -0.4 is 10.2 Å². The topological polar surface area (TPSA) is 79.0 Å². The van der Waals surface area contributed by atoms with E-state index in [0.717, 1.165) is 11.3 Å². The second-order valence-electron chi connectivity index (χ2n) is 7.62. The molecule has 2 aliphatic rings. The number of piperidine rings is 1. The van der Waals surface area contributed by atoms with E-state index in [9.17, 15) is 14.4 Å². The second kappa shape index (κ2) is 9.19. The predicted octanol–water partition coefficient (Wildman–Crippen LogP) is 1.35. The molecule has 2 fully saturated rings. The van der Waals surface area contributed by atoms with E-state index in [0.29, 0.717) is 45.6 Å². The molecule has 0 saturated carbocycles. The molecule has 0 spiro atoms. The van der Waals surface area contributed by atoms with Gasteiger partial charge in [-0.1, -0.05) is 17.7 Å². The lowest BCUT2D eigenvalue weighted by Gasteiger charge is -2.33. The van der Waals surface area contributed by atoms with E-state index in [4.69, 9.17) is 4.74 Å². The molecule has 7 heteroatoms. The number of rotatable bonds is 6. The number of aryl methyl sites for hydroxylation is 1. The number of hydrogen-bond donors (Lipinski definition) is 1. The standard InChI is InChI=1S/C21H29N3O4/c1-15-3-5-18(6-4-15)24-14-17(13-19(24)25)21(27)23-10-7-16(8-11-23)20(26)22-9-12-28-2/h3-6,16-17H,7-14H2,1-2H3,(H,22,26). The number of hydrogen-bond acceptors (Lipinski definition) is 4. The van der Waals surface area contributed by atoms with Crippen molar-refractivity contribution in [3.63, 3.8) is 0 Å². The number of methoxy groups -OCH3 is 1. The van der Waals surface area contributed by atoms with E-state index in [1.165, 1.54) is 0 Å². The molecule has 0 radical (unpaired) electrons. The molecule has 3 amide bonds. The van der Waals surface area contributed by atoms with E-state index in [1.807, 2.05) is 36.1 Å². The number of carbonyl (C=O) groups excluding carboxylic acids is 3. The highest BCUT2D eigenvalue weighted by Gasteiger charge is 2.38. The fraction of sp³-hybridized carbons (Fsp3) is 0.571. The van der Waals surface area contributed by atoms with Crippen molar-refractivity contribution in [2.75, 3.05) is 44.8 Å². The Labute approximate surface area is 166 Å². The third kappa shape index (κ3) is 4.70. The van der Waals surface area contributed by atoms with Gasteiger partial charge in [0.25, 0.3) is 0 Å². The first-order chi connectivity index (χ1) is 13.5. The number of ether oxygens (including phenoxy) is 1. The smallest absolute Gasteiger partial charge is 0.228 e. The van der Waals surface area contributed by atoms with Crippen LogP contribution in [0.15, 0.2) is 24.3 Å². The van der Waals surface area contributed by atoms with Crippen molar-refractivity contribution in [1.29, 1.82) is 0 Å². The van der Waals surface area contributed by atoms with Gasteiger partial charge >= 0.3 is 0 Å². The van der Waals surface area contributed by atoms with Gasteiger partial charge in [0.05, 0.1) is 12.5 Å². The van der Waals surface area contributed by atoms with Crippen LogP contribution in [-0.2, 0) is 19.1 Å². The van der Waals surface area contributed by atoms with E-state index < -0.39 is 0 Å². The quantitative estimate of drug-likeness (QED) is 0.748. The Morgan fingerprint density at radius 3 is 2.46 bits per heavy atom. The van der Waals surface area contributed by atoms with Gasteiger partial charge in [-0.2, -0.15) is 0 Å². The number of anilines is 1. The van der Waals surface area contributed by atoms with E-state index in [1.54, 1.807) is 12.0 Å². The first kappa shape index (κ1) is 20.3. The number of carbonyl (C=O) groups is 3. The lowest BCUT2D eigenvalue weighted by molar-refractivity contribution is -0.139. The normalized spacial score (nSPS) is 20.5. The molecule has 28 heavy (non-hydrogen) atoms. The van der Waals surface area contributed by atoms with Crippen LogP contribution in [0.1, 0.15) is 24.8 Å². The van der Waals surface area contributed by atoms with Gasteiger partial charge in [-0.3, -0.25) is 14.4 Å². The highest BCUT2D eigenvalue weighted by atomic mass is 16.5. The van der Waals surface area contributed by atoms with Gasteiger partial charge in [0, 0.05) is 51.3 Å². The average Bonchev–Trinajstić information content (AvgIpc) is 3.10. The van der Waals surface area contributed by atoms with Gasteiger partial charge in [-0.05, 0) is 31.9 Å². The zero-order valence-electron chi connectivity index (χ0n) is 16.6. The summed E-state index contributed by atoms with van der Waals surface area (Å²) in [5.74, 6) is -0.308. The van der Waals surface area contributed by atoms with Crippen molar-refractivity contribution in [3.8, 4) is 0 Å². The van der Waals surface area contributed by atoms with Crippen LogP contribution in [0.4, 0.5) is 5.69 Å². The second-order valence-corrected chi connectivity index (χ2v) is 7.62. The summed E-state index contributed by atoms with van der Waals surface area (Å²) in [4.78, 5) is 41.0. The fourth-order valence-electron chi connectivity index (χ4n) is 3.89. The van der Waals surface area contributed by atoms with Gasteiger partial charge in [-0.15, -0.1) is 0 Å². The Balaban J connectivity index is 1.51. The molecule has 0 bridgehead atoms. The molecular formula is C21H29N3O4. The van der Waals surface area contributed by atoms with Crippen LogP contribution in [0.5, 0.6) is 0 Å². The van der Waals surface area contributed by atoms with Crippen molar-refractivity contribution in [2.24, 2.45) is 11.8 Å². The van der Waals surface area contributed by atoms with Gasteiger partial charge in [-0.25, -0.2) is 0 Å². The highest BCUT2D eigenvalue weighted by molar-refractivity contribution is 6.00. The molecule has 1 unspecified atom stereocenters. The van der Waals surface area contributed by atoms with Crippen LogP contribution >= 0.6 is 0 Å². The molecule has 7 nitrogen and oxygen atoms in total. The minimum absolute atomic E-state index is 0.00499. The van der Waals surface area contributed by atoms with Gasteiger partial charge in [0.15, 0.2) is 0 Å². The summed E-state index contributed by atoms with van der Waals surface area (Å²) in [7, 11) is 1.60. The highest BCUT2D eigenvalue weighted by Crippen LogP contribution is 2.28. The number of nitrogens with one attached hydrogen (secondary N) is 1. The summed E-state index contributed by atoms with van der Waals surface area (Å²) < 4.78 is 4.94. The maximum atomic E-state index is 12.9. The summed E-state index contributed by atoms with van der Waals surface area (Å²) >= 11 is 0. The summed E-state index contributed by atoms with van der Waals surface area (Å²) in [6.45, 7) is 4.57. The third-order valence-electron chi connectivity index (χ3n) is 5.60. The number of amides is 3. The molecule has 152 valence electrons. The molecule has 2 saturated heterocycles. The molecule has 2 heterocycles. The predicted molar refractivity (Wildman–Crippen MR) is 106 cm³/mol.